The smallest absolute Gasteiger partial charge is 0.230 e. The lowest BCUT2D eigenvalue weighted by molar-refractivity contribution is -0.115. The minimum atomic E-state index is -0.205. The Morgan fingerprint density at radius 2 is 2.19 bits per heavy atom. The number of nitriles is 1. The van der Waals surface area contributed by atoms with E-state index in [0.29, 0.717) is 29.7 Å². The van der Waals surface area contributed by atoms with E-state index in [4.69, 9.17) is 21.6 Å². The van der Waals surface area contributed by atoms with Gasteiger partial charge >= 0.3 is 0 Å². The van der Waals surface area contributed by atoms with Crippen molar-refractivity contribution in [3.8, 4) is 11.9 Å². The Labute approximate surface area is 193 Å². The molecule has 0 radical (unpaired) electrons. The predicted molar refractivity (Wildman–Crippen MR) is 124 cm³/mol. The molecule has 0 aromatic carbocycles. The second-order valence-corrected chi connectivity index (χ2v) is 8.40. The lowest BCUT2D eigenvalue weighted by atomic mass is 10.0. The lowest BCUT2D eigenvalue weighted by Crippen LogP contribution is -2.28. The lowest BCUT2D eigenvalue weighted by Gasteiger charge is -2.20. The monoisotopic (exact) mass is 454 g/mol. The van der Waals surface area contributed by atoms with Crippen LogP contribution in [-0.2, 0) is 11.2 Å². The maximum Gasteiger partial charge on any atom is 0.230 e. The molecule has 0 saturated carbocycles. The van der Waals surface area contributed by atoms with Gasteiger partial charge in [-0.15, -0.1) is 0 Å². The molecule has 1 aliphatic heterocycles. The minimum absolute atomic E-state index is 0.0692. The number of aromatic nitrogens is 2. The number of carbonyl (C=O) groups is 1. The van der Waals surface area contributed by atoms with E-state index in [1.54, 1.807) is 17.2 Å². The van der Waals surface area contributed by atoms with E-state index in [-0.39, 0.29) is 18.4 Å². The quantitative estimate of drug-likeness (QED) is 0.612. The van der Waals surface area contributed by atoms with Crippen molar-refractivity contribution in [1.29, 1.82) is 5.26 Å². The predicted octanol–water partition coefficient (Wildman–Crippen LogP) is 3.21. The number of hydrogen-bond donors (Lipinski definition) is 1. The van der Waals surface area contributed by atoms with E-state index in [9.17, 15) is 4.79 Å². The number of anilines is 1. The molecule has 0 aliphatic carbocycles. The summed E-state index contributed by atoms with van der Waals surface area (Å²) in [7, 11) is 3.94. The van der Waals surface area contributed by atoms with E-state index in [1.807, 2.05) is 44.1 Å². The number of pyridine rings is 2. The fourth-order valence-corrected chi connectivity index (χ4v) is 3.58. The summed E-state index contributed by atoms with van der Waals surface area (Å²) in [6.45, 7) is 3.98. The van der Waals surface area contributed by atoms with Crippen LogP contribution in [0.2, 0.25) is 5.02 Å². The molecule has 1 amide bonds. The summed E-state index contributed by atoms with van der Waals surface area (Å²) in [5.41, 5.74) is 2.79. The molecule has 1 aliphatic rings. The van der Waals surface area contributed by atoms with E-state index in [0.717, 1.165) is 29.8 Å². The SMILES string of the molecule is CC(CN(C)C)Oc1cc(NC(=O)Cc2ccc(C3=CCN(C#N)CC3)nc2)ncc1Cl. The molecule has 8 nitrogen and oxygen atoms in total. The molecule has 1 unspecified atom stereocenters. The third-order valence-electron chi connectivity index (χ3n) is 4.91. The molecule has 0 bridgehead atoms. The average Bonchev–Trinajstić information content (AvgIpc) is 2.76. The van der Waals surface area contributed by atoms with Crippen molar-refractivity contribution < 1.29 is 9.53 Å². The van der Waals surface area contributed by atoms with Gasteiger partial charge in [-0.1, -0.05) is 23.7 Å². The normalized spacial score (nSPS) is 14.5. The first-order valence-electron chi connectivity index (χ1n) is 10.4. The number of halogens is 1. The van der Waals surface area contributed by atoms with Gasteiger partial charge in [0.25, 0.3) is 0 Å². The van der Waals surface area contributed by atoms with E-state index < -0.39 is 0 Å². The van der Waals surface area contributed by atoms with Gasteiger partial charge in [-0.2, -0.15) is 5.26 Å². The zero-order chi connectivity index (χ0) is 23.1. The molecule has 32 heavy (non-hydrogen) atoms. The minimum Gasteiger partial charge on any atom is -0.488 e. The Bertz CT molecular complexity index is 1020. The van der Waals surface area contributed by atoms with Crippen LogP contribution in [0.4, 0.5) is 5.82 Å². The van der Waals surface area contributed by atoms with Gasteiger partial charge in [0.2, 0.25) is 5.91 Å². The number of nitrogens with one attached hydrogen (secondary N) is 1. The second-order valence-electron chi connectivity index (χ2n) is 7.99. The summed E-state index contributed by atoms with van der Waals surface area (Å²) < 4.78 is 5.88. The Kier molecular flexibility index (Phi) is 8.03. The van der Waals surface area contributed by atoms with Gasteiger partial charge in [0.15, 0.2) is 6.19 Å². The molecule has 9 heteroatoms. The first-order valence-corrected chi connectivity index (χ1v) is 10.8. The summed E-state index contributed by atoms with van der Waals surface area (Å²) in [4.78, 5) is 24.9. The van der Waals surface area contributed by atoms with Crippen molar-refractivity contribution in [1.82, 2.24) is 19.8 Å². The standard InChI is InChI=1S/C23H27ClN6O2/c1-16(14-29(2)3)32-21-11-22(27-13-19(21)24)28-23(31)10-17-4-5-20(26-12-17)18-6-8-30(15-25)9-7-18/h4-6,11-13,16H,7-10,14H2,1-3H3,(H,27,28,31). The molecule has 0 fully saturated rings. The van der Waals surface area contributed by atoms with Crippen LogP contribution in [0.25, 0.3) is 5.57 Å². The van der Waals surface area contributed by atoms with Crippen molar-refractivity contribution in [3.63, 3.8) is 0 Å². The Balaban J connectivity index is 1.58. The highest BCUT2D eigenvalue weighted by molar-refractivity contribution is 6.32. The highest BCUT2D eigenvalue weighted by Crippen LogP contribution is 2.27. The first-order chi connectivity index (χ1) is 15.3. The van der Waals surface area contributed by atoms with Crippen LogP contribution in [0.1, 0.15) is 24.6 Å². The van der Waals surface area contributed by atoms with Crippen LogP contribution in [0, 0.1) is 11.5 Å². The van der Waals surface area contributed by atoms with Crippen molar-refractivity contribution in [2.24, 2.45) is 0 Å². The van der Waals surface area contributed by atoms with Crippen molar-refractivity contribution in [3.05, 3.63) is 52.9 Å². The van der Waals surface area contributed by atoms with Gasteiger partial charge in [0.05, 0.1) is 18.3 Å². The number of ether oxygens (including phenoxy) is 1. The van der Waals surface area contributed by atoms with Crippen LogP contribution in [0.15, 0.2) is 36.7 Å². The van der Waals surface area contributed by atoms with E-state index in [2.05, 4.69) is 21.5 Å². The van der Waals surface area contributed by atoms with Gasteiger partial charge in [0, 0.05) is 31.9 Å². The zero-order valence-corrected chi connectivity index (χ0v) is 19.3. The summed E-state index contributed by atoms with van der Waals surface area (Å²) in [6.07, 6.45) is 8.23. The average molecular weight is 455 g/mol. The fourth-order valence-electron chi connectivity index (χ4n) is 3.43. The summed E-state index contributed by atoms with van der Waals surface area (Å²) in [5.74, 6) is 0.654. The maximum atomic E-state index is 12.5. The number of rotatable bonds is 8. The third kappa shape index (κ3) is 6.67. The number of likely N-dealkylation sites (N-methyl/N-ethyl adjacent to an activating group) is 1. The molecule has 3 heterocycles. The molecule has 1 N–H and O–H groups in total. The fraction of sp³-hybridized carbons (Fsp3) is 0.391. The van der Waals surface area contributed by atoms with Crippen LogP contribution in [0.3, 0.4) is 0 Å². The number of hydrogen-bond acceptors (Lipinski definition) is 7. The number of nitrogens with zero attached hydrogens (tertiary/aromatic N) is 5. The summed E-state index contributed by atoms with van der Waals surface area (Å²) >= 11 is 6.19. The van der Waals surface area contributed by atoms with Gasteiger partial charge in [-0.25, -0.2) is 4.98 Å². The Hall–Kier alpha value is -3.15. The van der Waals surface area contributed by atoms with Gasteiger partial charge in [0.1, 0.15) is 22.7 Å². The van der Waals surface area contributed by atoms with Gasteiger partial charge in [-0.3, -0.25) is 9.78 Å². The highest BCUT2D eigenvalue weighted by Gasteiger charge is 2.14. The van der Waals surface area contributed by atoms with E-state index >= 15 is 0 Å². The maximum absolute atomic E-state index is 12.5. The van der Waals surface area contributed by atoms with E-state index in [1.165, 1.54) is 6.20 Å². The van der Waals surface area contributed by atoms with Gasteiger partial charge in [-0.05, 0) is 44.6 Å². The molecule has 2 aromatic heterocycles. The van der Waals surface area contributed by atoms with Crippen LogP contribution >= 0.6 is 11.6 Å². The number of carbonyl (C=O) groups excluding carboxylic acids is 1. The van der Waals surface area contributed by atoms with Crippen LogP contribution < -0.4 is 10.1 Å². The highest BCUT2D eigenvalue weighted by atomic mass is 35.5. The molecule has 0 saturated heterocycles. The topological polar surface area (TPSA) is 94.4 Å². The molecule has 2 aromatic rings. The first kappa shape index (κ1) is 23.5. The second kappa shape index (κ2) is 10.9. The van der Waals surface area contributed by atoms with Gasteiger partial charge < -0.3 is 19.9 Å². The molecule has 0 spiro atoms. The molecular weight excluding hydrogens is 428 g/mol. The van der Waals surface area contributed by atoms with Crippen molar-refractivity contribution in [2.45, 2.75) is 25.9 Å². The van der Waals surface area contributed by atoms with Crippen molar-refractivity contribution in [2.75, 3.05) is 39.0 Å². The summed E-state index contributed by atoms with van der Waals surface area (Å²) in [6, 6.07) is 5.44. The molecule has 168 valence electrons. The van der Waals surface area contributed by atoms with Crippen LogP contribution in [0.5, 0.6) is 5.75 Å². The molecule has 3 rings (SSSR count). The molecular formula is C23H27ClN6O2. The van der Waals surface area contributed by atoms with Crippen molar-refractivity contribution >= 4 is 28.9 Å². The molecule has 1 atom stereocenters. The Morgan fingerprint density at radius 3 is 2.81 bits per heavy atom. The van der Waals surface area contributed by atoms with Crippen LogP contribution in [-0.4, -0.2) is 65.5 Å². The Morgan fingerprint density at radius 1 is 1.38 bits per heavy atom. The third-order valence-corrected chi connectivity index (χ3v) is 5.19. The summed E-state index contributed by atoms with van der Waals surface area (Å²) in [5, 5.41) is 12.1. The number of amides is 1. The zero-order valence-electron chi connectivity index (χ0n) is 18.5. The largest absolute Gasteiger partial charge is 0.488 e.